The Bertz CT molecular complexity index is 999. The Labute approximate surface area is 148 Å². The maximum atomic E-state index is 4.53. The van der Waals surface area contributed by atoms with Gasteiger partial charge in [0.05, 0.1) is 11.9 Å². The molecule has 4 nitrogen and oxygen atoms in total. The standard InChI is InChI=1S/C19H17BrN4/c1-24-18(13-5-4-6-15(20)9-13)12-23-19(24)22-11-14-10-21-17-8-3-2-7-16(14)17/h2-10,12,21H,11H2,1H3,(H,22,23). The highest BCUT2D eigenvalue weighted by atomic mass is 79.9. The number of aromatic nitrogens is 3. The average molecular weight is 381 g/mol. The van der Waals surface area contributed by atoms with Crippen molar-refractivity contribution in [1.29, 1.82) is 0 Å². The lowest BCUT2D eigenvalue weighted by molar-refractivity contribution is 0.908. The Morgan fingerprint density at radius 1 is 1.17 bits per heavy atom. The van der Waals surface area contributed by atoms with Gasteiger partial charge in [-0.25, -0.2) is 4.98 Å². The third-order valence-electron chi connectivity index (χ3n) is 4.22. The van der Waals surface area contributed by atoms with Crippen molar-refractivity contribution in [3.05, 3.63) is 71.0 Å². The largest absolute Gasteiger partial charge is 0.361 e. The van der Waals surface area contributed by atoms with E-state index in [2.05, 4.69) is 72.3 Å². The van der Waals surface area contributed by atoms with Crippen LogP contribution in [-0.2, 0) is 13.6 Å². The van der Waals surface area contributed by atoms with Crippen molar-refractivity contribution in [2.75, 3.05) is 5.32 Å². The third kappa shape index (κ3) is 2.71. The minimum Gasteiger partial charge on any atom is -0.361 e. The average Bonchev–Trinajstić information content (AvgIpc) is 3.17. The van der Waals surface area contributed by atoms with Crippen LogP contribution in [0.25, 0.3) is 22.2 Å². The van der Waals surface area contributed by atoms with E-state index in [4.69, 9.17) is 0 Å². The maximum absolute atomic E-state index is 4.53. The van der Waals surface area contributed by atoms with Gasteiger partial charge in [-0.05, 0) is 23.8 Å². The summed E-state index contributed by atoms with van der Waals surface area (Å²) in [7, 11) is 2.03. The number of fused-ring (bicyclic) bond motifs is 1. The van der Waals surface area contributed by atoms with Gasteiger partial charge < -0.3 is 14.9 Å². The van der Waals surface area contributed by atoms with Gasteiger partial charge in [-0.2, -0.15) is 0 Å². The molecular weight excluding hydrogens is 364 g/mol. The number of aromatic amines is 1. The van der Waals surface area contributed by atoms with E-state index in [9.17, 15) is 0 Å². The van der Waals surface area contributed by atoms with Crippen LogP contribution >= 0.6 is 15.9 Å². The molecule has 2 aromatic carbocycles. The Kier molecular flexibility index (Phi) is 3.86. The van der Waals surface area contributed by atoms with Crippen LogP contribution in [0, 0.1) is 0 Å². The van der Waals surface area contributed by atoms with Crippen molar-refractivity contribution in [3.8, 4) is 11.3 Å². The highest BCUT2D eigenvalue weighted by Crippen LogP contribution is 2.25. The molecule has 0 unspecified atom stereocenters. The zero-order valence-corrected chi connectivity index (χ0v) is 14.8. The van der Waals surface area contributed by atoms with Crippen molar-refractivity contribution in [2.45, 2.75) is 6.54 Å². The fourth-order valence-electron chi connectivity index (χ4n) is 2.94. The number of imidazole rings is 1. The van der Waals surface area contributed by atoms with Crippen molar-refractivity contribution in [1.82, 2.24) is 14.5 Å². The smallest absolute Gasteiger partial charge is 0.203 e. The normalized spacial score (nSPS) is 11.1. The topological polar surface area (TPSA) is 45.6 Å². The van der Waals surface area contributed by atoms with Crippen LogP contribution < -0.4 is 5.32 Å². The summed E-state index contributed by atoms with van der Waals surface area (Å²) in [6.45, 7) is 0.729. The van der Waals surface area contributed by atoms with Crippen LogP contribution in [-0.4, -0.2) is 14.5 Å². The van der Waals surface area contributed by atoms with E-state index in [0.717, 1.165) is 33.7 Å². The van der Waals surface area contributed by atoms with Crippen molar-refractivity contribution >= 4 is 32.8 Å². The quantitative estimate of drug-likeness (QED) is 0.526. The Hall–Kier alpha value is -2.53. The molecule has 5 heteroatoms. The zero-order valence-electron chi connectivity index (χ0n) is 13.3. The molecule has 0 bridgehead atoms. The zero-order chi connectivity index (χ0) is 16.5. The van der Waals surface area contributed by atoms with Crippen LogP contribution in [0.2, 0.25) is 0 Å². The van der Waals surface area contributed by atoms with Gasteiger partial charge in [0.1, 0.15) is 0 Å². The van der Waals surface area contributed by atoms with Crippen molar-refractivity contribution in [2.24, 2.45) is 7.05 Å². The van der Waals surface area contributed by atoms with Gasteiger partial charge in [-0.1, -0.05) is 46.3 Å². The molecule has 0 aliphatic rings. The molecule has 24 heavy (non-hydrogen) atoms. The fraction of sp³-hybridized carbons (Fsp3) is 0.105. The van der Waals surface area contributed by atoms with E-state index in [-0.39, 0.29) is 0 Å². The van der Waals surface area contributed by atoms with Gasteiger partial charge >= 0.3 is 0 Å². The molecule has 0 aliphatic heterocycles. The molecule has 2 aromatic heterocycles. The van der Waals surface area contributed by atoms with Crippen LogP contribution in [0.5, 0.6) is 0 Å². The molecule has 2 N–H and O–H groups in total. The minimum atomic E-state index is 0.729. The summed E-state index contributed by atoms with van der Waals surface area (Å²) in [4.78, 5) is 7.83. The van der Waals surface area contributed by atoms with Crippen molar-refractivity contribution < 1.29 is 0 Å². The van der Waals surface area contributed by atoms with Gasteiger partial charge in [-0.15, -0.1) is 0 Å². The number of rotatable bonds is 4. The first-order valence-electron chi connectivity index (χ1n) is 7.79. The number of anilines is 1. The third-order valence-corrected chi connectivity index (χ3v) is 4.71. The lowest BCUT2D eigenvalue weighted by Gasteiger charge is -2.08. The number of hydrogen-bond donors (Lipinski definition) is 2. The van der Waals surface area contributed by atoms with Gasteiger partial charge in [-0.3, -0.25) is 0 Å². The fourth-order valence-corrected chi connectivity index (χ4v) is 3.34. The second-order valence-electron chi connectivity index (χ2n) is 5.75. The molecule has 120 valence electrons. The number of nitrogens with zero attached hydrogens (tertiary/aromatic N) is 2. The summed E-state index contributed by atoms with van der Waals surface area (Å²) in [6, 6.07) is 16.6. The number of hydrogen-bond acceptors (Lipinski definition) is 2. The first-order valence-corrected chi connectivity index (χ1v) is 8.58. The van der Waals surface area contributed by atoms with Crippen LogP contribution in [0.1, 0.15) is 5.56 Å². The first-order chi connectivity index (χ1) is 11.7. The number of benzene rings is 2. The SMILES string of the molecule is Cn1c(-c2cccc(Br)c2)cnc1NCc1c[nH]c2ccccc12. The Morgan fingerprint density at radius 2 is 2.04 bits per heavy atom. The minimum absolute atomic E-state index is 0.729. The lowest BCUT2D eigenvalue weighted by Crippen LogP contribution is -2.05. The van der Waals surface area contributed by atoms with E-state index < -0.39 is 0 Å². The molecule has 0 aliphatic carbocycles. The molecule has 0 atom stereocenters. The molecule has 4 rings (SSSR count). The molecule has 0 saturated carbocycles. The van der Waals surface area contributed by atoms with Crippen LogP contribution in [0.3, 0.4) is 0 Å². The Balaban J connectivity index is 1.58. The molecule has 0 fully saturated rings. The van der Waals surface area contributed by atoms with E-state index >= 15 is 0 Å². The van der Waals surface area contributed by atoms with E-state index in [1.54, 1.807) is 0 Å². The van der Waals surface area contributed by atoms with Gasteiger partial charge in [0, 0.05) is 40.7 Å². The summed E-state index contributed by atoms with van der Waals surface area (Å²) in [5.41, 5.74) is 4.61. The second kappa shape index (κ2) is 6.17. The van der Waals surface area contributed by atoms with E-state index in [1.165, 1.54) is 10.9 Å². The monoisotopic (exact) mass is 380 g/mol. The predicted octanol–water partition coefficient (Wildman–Crippen LogP) is 4.94. The molecular formula is C19H17BrN4. The van der Waals surface area contributed by atoms with E-state index in [0.29, 0.717) is 0 Å². The van der Waals surface area contributed by atoms with Gasteiger partial charge in [0.2, 0.25) is 5.95 Å². The maximum Gasteiger partial charge on any atom is 0.203 e. The summed E-state index contributed by atoms with van der Waals surface area (Å²) < 4.78 is 3.14. The summed E-state index contributed by atoms with van der Waals surface area (Å²) in [5.74, 6) is 0.857. The predicted molar refractivity (Wildman–Crippen MR) is 102 cm³/mol. The summed E-state index contributed by atoms with van der Waals surface area (Å²) in [5, 5.41) is 4.67. The highest BCUT2D eigenvalue weighted by molar-refractivity contribution is 9.10. The molecule has 0 amide bonds. The first kappa shape index (κ1) is 15.0. The van der Waals surface area contributed by atoms with Crippen LogP contribution in [0.4, 0.5) is 5.95 Å². The highest BCUT2D eigenvalue weighted by Gasteiger charge is 2.09. The number of para-hydroxylation sites is 1. The van der Waals surface area contributed by atoms with Gasteiger partial charge in [0.15, 0.2) is 0 Å². The lowest BCUT2D eigenvalue weighted by atomic mass is 10.2. The number of halogens is 1. The molecule has 0 spiro atoms. The van der Waals surface area contributed by atoms with E-state index in [1.807, 2.05) is 31.4 Å². The van der Waals surface area contributed by atoms with Crippen LogP contribution in [0.15, 0.2) is 65.4 Å². The number of H-pyrrole nitrogens is 1. The molecule has 0 radical (unpaired) electrons. The van der Waals surface area contributed by atoms with Gasteiger partial charge in [0.25, 0.3) is 0 Å². The summed E-state index contributed by atoms with van der Waals surface area (Å²) in [6.07, 6.45) is 3.95. The molecule has 4 aromatic rings. The van der Waals surface area contributed by atoms with Crippen molar-refractivity contribution in [3.63, 3.8) is 0 Å². The number of nitrogens with one attached hydrogen (secondary N) is 2. The molecule has 2 heterocycles. The second-order valence-corrected chi connectivity index (χ2v) is 6.67. The molecule has 0 saturated heterocycles. The summed E-state index contributed by atoms with van der Waals surface area (Å²) >= 11 is 3.52. The Morgan fingerprint density at radius 3 is 2.92 bits per heavy atom.